The number of anilines is 1. The van der Waals surface area contributed by atoms with Gasteiger partial charge in [-0.05, 0) is 37.5 Å². The summed E-state index contributed by atoms with van der Waals surface area (Å²) < 4.78 is 28.3. The molecule has 0 bridgehead atoms. The van der Waals surface area contributed by atoms with Crippen molar-refractivity contribution in [2.24, 2.45) is 0 Å². The fourth-order valence-electron chi connectivity index (χ4n) is 2.98. The topological polar surface area (TPSA) is 122 Å². The van der Waals surface area contributed by atoms with E-state index in [-0.39, 0.29) is 21.8 Å². The average Bonchev–Trinajstić information content (AvgIpc) is 3.02. The van der Waals surface area contributed by atoms with Gasteiger partial charge in [-0.25, -0.2) is 8.42 Å². The van der Waals surface area contributed by atoms with Crippen LogP contribution in [0.2, 0.25) is 0 Å². The molecule has 1 aromatic carbocycles. The van der Waals surface area contributed by atoms with Gasteiger partial charge in [0.15, 0.2) is 0 Å². The summed E-state index contributed by atoms with van der Waals surface area (Å²) in [4.78, 5) is 12.8. The van der Waals surface area contributed by atoms with Crippen LogP contribution in [0.3, 0.4) is 0 Å². The van der Waals surface area contributed by atoms with E-state index in [2.05, 4.69) is 5.10 Å². The molecule has 0 radical (unpaired) electrons. The molecule has 0 spiro atoms. The van der Waals surface area contributed by atoms with Crippen molar-refractivity contribution in [3.8, 4) is 6.07 Å². The van der Waals surface area contributed by atoms with Gasteiger partial charge in [0.2, 0.25) is 10.0 Å². The number of aromatic nitrogens is 2. The maximum absolute atomic E-state index is 13.0. The van der Waals surface area contributed by atoms with Gasteiger partial charge in [0, 0.05) is 18.7 Å². The van der Waals surface area contributed by atoms with Crippen molar-refractivity contribution in [3.63, 3.8) is 0 Å². The molecular weight excluding hydrogens is 354 g/mol. The van der Waals surface area contributed by atoms with Crippen molar-refractivity contribution in [2.75, 3.05) is 18.8 Å². The van der Waals surface area contributed by atoms with Gasteiger partial charge in [-0.3, -0.25) is 4.79 Å². The molecule has 0 unspecified atom stereocenters. The number of nitrogen functional groups attached to an aromatic ring is 1. The van der Waals surface area contributed by atoms with E-state index in [0.717, 1.165) is 23.9 Å². The number of aryl methyl sites for hydroxylation is 1. The molecular formula is C17H19N5O3S. The Kier molecular flexibility index (Phi) is 4.80. The van der Waals surface area contributed by atoms with Gasteiger partial charge in [-0.15, -0.1) is 0 Å². The quantitative estimate of drug-likeness (QED) is 0.870. The van der Waals surface area contributed by atoms with Crippen LogP contribution in [0.5, 0.6) is 0 Å². The first-order chi connectivity index (χ1) is 12.4. The fourth-order valence-corrected chi connectivity index (χ4v) is 4.75. The zero-order chi connectivity index (χ0) is 18.9. The van der Waals surface area contributed by atoms with E-state index in [1.807, 2.05) is 6.07 Å². The Bertz CT molecular complexity index is 998. The summed E-state index contributed by atoms with van der Waals surface area (Å²) in [7, 11) is -3.67. The van der Waals surface area contributed by atoms with Gasteiger partial charge in [0.25, 0.3) is 5.91 Å². The van der Waals surface area contributed by atoms with Crippen molar-refractivity contribution in [3.05, 3.63) is 41.1 Å². The van der Waals surface area contributed by atoms with Gasteiger partial charge < -0.3 is 5.73 Å². The summed E-state index contributed by atoms with van der Waals surface area (Å²) >= 11 is 0. The first kappa shape index (κ1) is 18.1. The lowest BCUT2D eigenvalue weighted by Gasteiger charge is -2.26. The minimum absolute atomic E-state index is 0.0708. The highest BCUT2D eigenvalue weighted by atomic mass is 32.2. The second-order valence-electron chi connectivity index (χ2n) is 6.22. The van der Waals surface area contributed by atoms with Crippen LogP contribution in [0.25, 0.3) is 0 Å². The van der Waals surface area contributed by atoms with E-state index >= 15 is 0 Å². The molecule has 2 aromatic rings. The summed E-state index contributed by atoms with van der Waals surface area (Å²) in [6, 6.07) is 6.32. The molecule has 2 N–H and O–H groups in total. The standard InChI is InChI=1S/C17H19N5O3S/c1-12-5-6-13(17(23)22-16(19)14(10-18)11-20-22)9-15(12)26(24,25)21-7-3-2-4-8-21/h5-6,9,11H,2-4,7-8,19H2,1H3. The number of rotatable bonds is 3. The predicted octanol–water partition coefficient (Wildman–Crippen LogP) is 1.51. The minimum atomic E-state index is -3.67. The Labute approximate surface area is 151 Å². The molecule has 8 nitrogen and oxygen atoms in total. The normalized spacial score (nSPS) is 15.5. The number of piperidine rings is 1. The summed E-state index contributed by atoms with van der Waals surface area (Å²) in [6.45, 7) is 2.66. The lowest BCUT2D eigenvalue weighted by Crippen LogP contribution is -2.36. The van der Waals surface area contributed by atoms with E-state index in [1.165, 1.54) is 22.6 Å². The predicted molar refractivity (Wildman–Crippen MR) is 94.9 cm³/mol. The van der Waals surface area contributed by atoms with Crippen molar-refractivity contribution >= 4 is 21.7 Å². The fraction of sp³-hybridized carbons (Fsp3) is 0.353. The smallest absolute Gasteiger partial charge is 0.280 e. The summed E-state index contributed by atoms with van der Waals surface area (Å²) in [6.07, 6.45) is 3.88. The maximum atomic E-state index is 13.0. The van der Waals surface area contributed by atoms with Crippen molar-refractivity contribution < 1.29 is 13.2 Å². The van der Waals surface area contributed by atoms with Gasteiger partial charge in [0.05, 0.1) is 11.1 Å². The first-order valence-electron chi connectivity index (χ1n) is 8.25. The van der Waals surface area contributed by atoms with E-state index in [4.69, 9.17) is 11.0 Å². The lowest BCUT2D eigenvalue weighted by atomic mass is 10.1. The van der Waals surface area contributed by atoms with E-state index < -0.39 is 15.9 Å². The number of hydrogen-bond donors (Lipinski definition) is 1. The van der Waals surface area contributed by atoms with E-state index in [1.54, 1.807) is 13.0 Å². The molecule has 1 aliphatic rings. The molecule has 3 rings (SSSR count). The highest BCUT2D eigenvalue weighted by molar-refractivity contribution is 7.89. The highest BCUT2D eigenvalue weighted by Crippen LogP contribution is 2.25. The Balaban J connectivity index is 2.01. The molecule has 2 heterocycles. The molecule has 0 atom stereocenters. The molecule has 0 amide bonds. The number of sulfonamides is 1. The van der Waals surface area contributed by atoms with Gasteiger partial charge in [-0.2, -0.15) is 19.3 Å². The molecule has 1 aliphatic heterocycles. The van der Waals surface area contributed by atoms with Crippen LogP contribution >= 0.6 is 0 Å². The number of hydrogen-bond acceptors (Lipinski definition) is 6. The van der Waals surface area contributed by atoms with Crippen molar-refractivity contribution in [1.82, 2.24) is 14.1 Å². The first-order valence-corrected chi connectivity index (χ1v) is 9.69. The van der Waals surface area contributed by atoms with Crippen molar-refractivity contribution in [1.29, 1.82) is 5.26 Å². The second kappa shape index (κ2) is 6.90. The van der Waals surface area contributed by atoms with Crippen LogP contribution < -0.4 is 5.73 Å². The number of nitriles is 1. The third-order valence-corrected chi connectivity index (χ3v) is 6.53. The third kappa shape index (κ3) is 3.09. The Morgan fingerprint density at radius 2 is 1.96 bits per heavy atom. The Hall–Kier alpha value is -2.70. The van der Waals surface area contributed by atoms with Crippen LogP contribution in [0.1, 0.15) is 40.7 Å². The molecule has 9 heteroatoms. The number of nitrogens with zero attached hydrogens (tertiary/aromatic N) is 4. The lowest BCUT2D eigenvalue weighted by molar-refractivity contribution is 0.0947. The third-order valence-electron chi connectivity index (χ3n) is 4.49. The molecule has 1 aromatic heterocycles. The molecule has 0 saturated carbocycles. The maximum Gasteiger partial charge on any atom is 0.280 e. The van der Waals surface area contributed by atoms with Gasteiger partial charge in [-0.1, -0.05) is 12.5 Å². The van der Waals surface area contributed by atoms with Crippen LogP contribution in [0, 0.1) is 18.3 Å². The SMILES string of the molecule is Cc1ccc(C(=O)n2ncc(C#N)c2N)cc1S(=O)(=O)N1CCCCC1. The Morgan fingerprint density at radius 1 is 1.27 bits per heavy atom. The average molecular weight is 373 g/mol. The molecule has 26 heavy (non-hydrogen) atoms. The highest BCUT2D eigenvalue weighted by Gasteiger charge is 2.28. The van der Waals surface area contributed by atoms with E-state index in [9.17, 15) is 13.2 Å². The molecule has 1 saturated heterocycles. The van der Waals surface area contributed by atoms with Gasteiger partial charge in [0.1, 0.15) is 17.5 Å². The van der Waals surface area contributed by atoms with Crippen LogP contribution in [-0.2, 0) is 10.0 Å². The zero-order valence-electron chi connectivity index (χ0n) is 14.3. The minimum Gasteiger partial charge on any atom is -0.382 e. The van der Waals surface area contributed by atoms with E-state index in [0.29, 0.717) is 18.7 Å². The van der Waals surface area contributed by atoms with Crippen LogP contribution in [-0.4, -0.2) is 41.5 Å². The van der Waals surface area contributed by atoms with Crippen LogP contribution in [0.15, 0.2) is 29.3 Å². The number of benzene rings is 1. The summed E-state index contributed by atoms with van der Waals surface area (Å²) in [5.74, 6) is -0.655. The zero-order valence-corrected chi connectivity index (χ0v) is 15.2. The number of carbonyl (C=O) groups is 1. The summed E-state index contributed by atoms with van der Waals surface area (Å²) in [5.41, 5.74) is 6.55. The monoisotopic (exact) mass is 373 g/mol. The van der Waals surface area contributed by atoms with Gasteiger partial charge >= 0.3 is 0 Å². The largest absolute Gasteiger partial charge is 0.382 e. The van der Waals surface area contributed by atoms with Crippen LogP contribution in [0.4, 0.5) is 5.82 Å². The molecule has 1 fully saturated rings. The molecule has 136 valence electrons. The molecule has 0 aliphatic carbocycles. The summed E-state index contributed by atoms with van der Waals surface area (Å²) in [5, 5.41) is 12.8. The Morgan fingerprint density at radius 3 is 2.58 bits per heavy atom. The second-order valence-corrected chi connectivity index (χ2v) is 8.12. The number of carbonyl (C=O) groups excluding carboxylic acids is 1. The van der Waals surface area contributed by atoms with Crippen molar-refractivity contribution in [2.45, 2.75) is 31.1 Å². The number of nitrogens with two attached hydrogens (primary N) is 1.